The number of nitrogens with zero attached hydrogens (tertiary/aromatic N) is 2. The van der Waals surface area contributed by atoms with E-state index in [2.05, 4.69) is 15.5 Å². The quantitative estimate of drug-likeness (QED) is 0.702. The summed E-state index contributed by atoms with van der Waals surface area (Å²) in [5.41, 5.74) is 0.797. The number of aliphatic hydroxyl groups is 1. The zero-order valence-corrected chi connectivity index (χ0v) is 7.80. The fourth-order valence-corrected chi connectivity index (χ4v) is 1.62. The SMILES string of the molecule is C#CC(O)c1snnc1C(C)C. The Labute approximate surface area is 75.6 Å². The normalized spacial score (nSPS) is 12.9. The molecule has 1 aromatic rings. The van der Waals surface area contributed by atoms with Crippen molar-refractivity contribution in [1.82, 2.24) is 9.59 Å². The number of aromatic nitrogens is 2. The largest absolute Gasteiger partial charge is 0.375 e. The maximum absolute atomic E-state index is 9.34. The number of terminal acetylenes is 1. The first-order valence-corrected chi connectivity index (χ1v) is 4.40. The van der Waals surface area contributed by atoms with Gasteiger partial charge in [-0.25, -0.2) is 0 Å². The first-order valence-electron chi connectivity index (χ1n) is 3.63. The van der Waals surface area contributed by atoms with Crippen molar-refractivity contribution in [3.05, 3.63) is 10.6 Å². The minimum atomic E-state index is -0.859. The van der Waals surface area contributed by atoms with Crippen LogP contribution < -0.4 is 0 Å². The third-order valence-electron chi connectivity index (χ3n) is 1.49. The lowest BCUT2D eigenvalue weighted by Gasteiger charge is -2.04. The standard InChI is InChI=1S/C8H10N2OS/c1-4-6(11)8-7(5(2)3)9-10-12-8/h1,5-6,11H,2-3H3. The van der Waals surface area contributed by atoms with Gasteiger partial charge < -0.3 is 5.11 Å². The van der Waals surface area contributed by atoms with Gasteiger partial charge in [-0.2, -0.15) is 0 Å². The highest BCUT2D eigenvalue weighted by Gasteiger charge is 2.16. The molecule has 1 aromatic heterocycles. The van der Waals surface area contributed by atoms with Gasteiger partial charge in [-0.3, -0.25) is 0 Å². The molecular formula is C8H10N2OS. The molecule has 3 nitrogen and oxygen atoms in total. The minimum absolute atomic E-state index is 0.252. The van der Waals surface area contributed by atoms with E-state index in [0.29, 0.717) is 4.88 Å². The maximum Gasteiger partial charge on any atom is 0.152 e. The molecule has 0 fully saturated rings. The van der Waals surface area contributed by atoms with Crippen LogP contribution >= 0.6 is 11.5 Å². The second-order valence-electron chi connectivity index (χ2n) is 2.75. The lowest BCUT2D eigenvalue weighted by molar-refractivity contribution is 0.240. The Morgan fingerprint density at radius 2 is 2.25 bits per heavy atom. The second-order valence-corrected chi connectivity index (χ2v) is 3.53. The molecule has 0 bridgehead atoms. The zero-order valence-electron chi connectivity index (χ0n) is 6.98. The van der Waals surface area contributed by atoms with E-state index in [-0.39, 0.29) is 5.92 Å². The molecule has 0 saturated heterocycles. The third-order valence-corrected chi connectivity index (χ3v) is 2.29. The van der Waals surface area contributed by atoms with Crippen molar-refractivity contribution in [2.45, 2.75) is 25.9 Å². The van der Waals surface area contributed by atoms with Crippen molar-refractivity contribution < 1.29 is 5.11 Å². The molecule has 1 N–H and O–H groups in total. The molecule has 0 spiro atoms. The van der Waals surface area contributed by atoms with E-state index < -0.39 is 6.10 Å². The summed E-state index contributed by atoms with van der Waals surface area (Å²) in [7, 11) is 0. The predicted molar refractivity (Wildman–Crippen MR) is 47.8 cm³/mol. The van der Waals surface area contributed by atoms with Crippen LogP contribution in [0.1, 0.15) is 36.4 Å². The molecule has 0 aromatic carbocycles. The minimum Gasteiger partial charge on any atom is -0.375 e. The number of aliphatic hydroxyl groups excluding tert-OH is 1. The van der Waals surface area contributed by atoms with Crippen LogP contribution in [0.5, 0.6) is 0 Å². The fourth-order valence-electron chi connectivity index (χ4n) is 0.870. The highest BCUT2D eigenvalue weighted by molar-refractivity contribution is 7.05. The third kappa shape index (κ3) is 1.63. The van der Waals surface area contributed by atoms with Crippen molar-refractivity contribution in [1.29, 1.82) is 0 Å². The van der Waals surface area contributed by atoms with E-state index in [9.17, 15) is 5.11 Å². The molecule has 1 heterocycles. The molecule has 0 aliphatic carbocycles. The molecule has 12 heavy (non-hydrogen) atoms. The van der Waals surface area contributed by atoms with Gasteiger partial charge in [0, 0.05) is 0 Å². The van der Waals surface area contributed by atoms with Gasteiger partial charge in [0.1, 0.15) is 0 Å². The Morgan fingerprint density at radius 3 is 2.75 bits per heavy atom. The summed E-state index contributed by atoms with van der Waals surface area (Å²) >= 11 is 1.16. The molecule has 4 heteroatoms. The van der Waals surface area contributed by atoms with Crippen LogP contribution in [0.3, 0.4) is 0 Å². The van der Waals surface area contributed by atoms with Gasteiger partial charge in [-0.1, -0.05) is 24.3 Å². The Morgan fingerprint density at radius 1 is 1.58 bits per heavy atom. The first-order chi connectivity index (χ1) is 5.66. The predicted octanol–water partition coefficient (Wildman–Crippen LogP) is 1.33. The van der Waals surface area contributed by atoms with Crippen LogP contribution in [0.2, 0.25) is 0 Å². The average Bonchev–Trinajstić information content (AvgIpc) is 2.50. The van der Waals surface area contributed by atoms with Crippen molar-refractivity contribution in [2.75, 3.05) is 0 Å². The average molecular weight is 182 g/mol. The van der Waals surface area contributed by atoms with Gasteiger partial charge >= 0.3 is 0 Å². The molecule has 0 aliphatic heterocycles. The van der Waals surface area contributed by atoms with E-state index in [0.717, 1.165) is 17.2 Å². The van der Waals surface area contributed by atoms with Crippen LogP contribution in [0.4, 0.5) is 0 Å². The molecule has 1 atom stereocenters. The number of hydrogen-bond donors (Lipinski definition) is 1. The van der Waals surface area contributed by atoms with Crippen LogP contribution in [0.15, 0.2) is 0 Å². The van der Waals surface area contributed by atoms with Gasteiger partial charge in [0.15, 0.2) is 6.10 Å². The van der Waals surface area contributed by atoms with Gasteiger partial charge in [0.25, 0.3) is 0 Å². The second kappa shape index (κ2) is 3.65. The molecule has 0 aliphatic rings. The van der Waals surface area contributed by atoms with Gasteiger partial charge in [0.05, 0.1) is 10.6 Å². The van der Waals surface area contributed by atoms with E-state index in [1.165, 1.54) is 0 Å². The summed E-state index contributed by atoms with van der Waals surface area (Å²) in [6.45, 7) is 3.98. The van der Waals surface area contributed by atoms with Crippen LogP contribution in [-0.2, 0) is 0 Å². The topological polar surface area (TPSA) is 46.0 Å². The summed E-state index contributed by atoms with van der Waals surface area (Å²) < 4.78 is 3.75. The number of hydrogen-bond acceptors (Lipinski definition) is 4. The van der Waals surface area contributed by atoms with Crippen LogP contribution in [-0.4, -0.2) is 14.7 Å². The van der Waals surface area contributed by atoms with Crippen molar-refractivity contribution >= 4 is 11.5 Å². The summed E-state index contributed by atoms with van der Waals surface area (Å²) in [5.74, 6) is 2.50. The highest BCUT2D eigenvalue weighted by Crippen LogP contribution is 2.25. The molecule has 64 valence electrons. The summed E-state index contributed by atoms with van der Waals surface area (Å²) in [6, 6.07) is 0. The monoisotopic (exact) mass is 182 g/mol. The Balaban J connectivity index is 3.01. The van der Waals surface area contributed by atoms with Crippen LogP contribution in [0, 0.1) is 12.3 Å². The summed E-state index contributed by atoms with van der Waals surface area (Å²) in [5, 5.41) is 13.2. The first kappa shape index (κ1) is 9.17. The molecule has 1 rings (SSSR count). The van der Waals surface area contributed by atoms with Crippen molar-refractivity contribution in [2.24, 2.45) is 0 Å². The van der Waals surface area contributed by atoms with E-state index in [4.69, 9.17) is 6.42 Å². The Hall–Kier alpha value is -0.920. The lowest BCUT2D eigenvalue weighted by atomic mass is 10.1. The molecule has 0 radical (unpaired) electrons. The Bertz CT molecular complexity index is 300. The smallest absolute Gasteiger partial charge is 0.152 e. The number of rotatable bonds is 2. The highest BCUT2D eigenvalue weighted by atomic mass is 32.1. The molecule has 1 unspecified atom stereocenters. The maximum atomic E-state index is 9.34. The molecular weight excluding hydrogens is 172 g/mol. The zero-order chi connectivity index (χ0) is 9.14. The van der Waals surface area contributed by atoms with E-state index >= 15 is 0 Å². The molecule has 0 amide bonds. The van der Waals surface area contributed by atoms with Gasteiger partial charge in [0.2, 0.25) is 0 Å². The lowest BCUT2D eigenvalue weighted by Crippen LogP contribution is -1.98. The van der Waals surface area contributed by atoms with Crippen molar-refractivity contribution in [3.8, 4) is 12.3 Å². The van der Waals surface area contributed by atoms with Crippen molar-refractivity contribution in [3.63, 3.8) is 0 Å². The molecule has 0 saturated carbocycles. The van der Waals surface area contributed by atoms with E-state index in [1.54, 1.807) is 0 Å². The van der Waals surface area contributed by atoms with Crippen LogP contribution in [0.25, 0.3) is 0 Å². The fraction of sp³-hybridized carbons (Fsp3) is 0.500. The van der Waals surface area contributed by atoms with Gasteiger partial charge in [-0.15, -0.1) is 11.5 Å². The summed E-state index contributed by atoms with van der Waals surface area (Å²) in [6.07, 6.45) is 4.22. The Kier molecular flexibility index (Phi) is 2.79. The van der Waals surface area contributed by atoms with Gasteiger partial charge in [-0.05, 0) is 17.5 Å². The summed E-state index contributed by atoms with van der Waals surface area (Å²) in [4.78, 5) is 0.688. The van der Waals surface area contributed by atoms with E-state index in [1.807, 2.05) is 13.8 Å².